The third-order valence-electron chi connectivity index (χ3n) is 8.41. The van der Waals surface area contributed by atoms with Crippen LogP contribution in [0.3, 0.4) is 0 Å². The van der Waals surface area contributed by atoms with E-state index in [0.29, 0.717) is 47.7 Å². The second kappa shape index (κ2) is 21.9. The highest BCUT2D eigenvalue weighted by Crippen LogP contribution is 2.26. The Kier molecular flexibility index (Phi) is 17.1. The van der Waals surface area contributed by atoms with Gasteiger partial charge in [0, 0.05) is 86.2 Å². The van der Waals surface area contributed by atoms with Gasteiger partial charge in [-0.15, -0.1) is 4.33 Å². The zero-order chi connectivity index (χ0) is 41.4. The van der Waals surface area contributed by atoms with Gasteiger partial charge in [0.05, 0.1) is 23.2 Å². The molecule has 0 aliphatic carbocycles. The third kappa shape index (κ3) is 13.7. The van der Waals surface area contributed by atoms with Crippen LogP contribution in [0.2, 0.25) is 0 Å². The van der Waals surface area contributed by atoms with E-state index in [2.05, 4.69) is 50.4 Å². The molecule has 0 aliphatic heterocycles. The van der Waals surface area contributed by atoms with E-state index >= 15 is 0 Å². The number of ether oxygens (including phenoxy) is 1. The average molecular weight is 834 g/mol. The van der Waals surface area contributed by atoms with Gasteiger partial charge < -0.3 is 36.1 Å². The molecule has 4 aromatic rings. The van der Waals surface area contributed by atoms with Gasteiger partial charge in [0.15, 0.2) is 5.95 Å². The van der Waals surface area contributed by atoms with Gasteiger partial charge in [0.2, 0.25) is 21.8 Å². The molecule has 20 nitrogen and oxygen atoms in total. The van der Waals surface area contributed by atoms with E-state index in [9.17, 15) is 32.7 Å². The molecular weight excluding hydrogens is 787 g/mol. The minimum absolute atomic E-state index is 0.126. The maximum absolute atomic E-state index is 13.5. The standard InChI is InChI=1S/C35H47N9O11S2/c1-22-16-27(53-15-4-6-30(45)36-10-11-37-32(46)24(3)21-56-55-54-50)17-23(2)31(22)57(51,52)43-28(34(48)49)20-41-33(47)25-7-8-29-26(18-25)19-42-44(29)14-5-9-38-35-39-12-13-40-35/h7-8,12-13,16-19,24,28,43,50H,4-6,9-11,14-15,20-21H2,1-3H3,(H,36,45)(H,37,46)(H,41,47)(H,48,49)(H2,38,39,40)/t24-,28-/m0/s1. The number of aryl methyl sites for hydroxylation is 3. The second-order valence-corrected chi connectivity index (χ2v) is 15.2. The molecule has 0 fully saturated rings. The van der Waals surface area contributed by atoms with Crippen molar-refractivity contribution in [3.8, 4) is 5.75 Å². The highest BCUT2D eigenvalue weighted by molar-refractivity contribution is 7.94. The summed E-state index contributed by atoms with van der Waals surface area (Å²) in [6.07, 6.45) is 6.28. The Balaban J connectivity index is 1.22. The number of carboxylic acids is 1. The molecule has 8 N–H and O–H groups in total. The first-order chi connectivity index (χ1) is 27.3. The zero-order valence-electron chi connectivity index (χ0n) is 31.6. The fraction of sp³-hybridized carbons (Fsp3) is 0.429. The molecule has 2 heterocycles. The van der Waals surface area contributed by atoms with Gasteiger partial charge in [0.25, 0.3) is 5.91 Å². The molecule has 2 aromatic carbocycles. The van der Waals surface area contributed by atoms with Crippen LogP contribution < -0.4 is 30.7 Å². The molecule has 2 atom stereocenters. The van der Waals surface area contributed by atoms with Crippen LogP contribution in [-0.4, -0.2) is 107 Å². The maximum atomic E-state index is 13.5. The summed E-state index contributed by atoms with van der Waals surface area (Å²) in [6.45, 7) is 6.12. The number of aliphatic carboxylic acids is 1. The predicted molar refractivity (Wildman–Crippen MR) is 209 cm³/mol. The predicted octanol–water partition coefficient (Wildman–Crippen LogP) is 2.14. The number of carbonyl (C=O) groups excluding carboxylic acids is 3. The normalized spacial score (nSPS) is 12.5. The number of hydrogen-bond acceptors (Lipinski definition) is 14. The molecule has 0 saturated heterocycles. The Morgan fingerprint density at radius 3 is 2.47 bits per heavy atom. The van der Waals surface area contributed by atoms with Crippen LogP contribution in [0.15, 0.2) is 53.8 Å². The highest BCUT2D eigenvalue weighted by atomic mass is 32.2. The van der Waals surface area contributed by atoms with E-state index in [4.69, 9.17) is 9.99 Å². The van der Waals surface area contributed by atoms with Gasteiger partial charge in [-0.05, 0) is 68.1 Å². The summed E-state index contributed by atoms with van der Waals surface area (Å²) in [6, 6.07) is 6.29. The average Bonchev–Trinajstić information content (AvgIpc) is 3.84. The van der Waals surface area contributed by atoms with Crippen LogP contribution >= 0.6 is 12.0 Å². The maximum Gasteiger partial charge on any atom is 0.323 e. The van der Waals surface area contributed by atoms with Gasteiger partial charge in [0.1, 0.15) is 11.8 Å². The van der Waals surface area contributed by atoms with Crippen molar-refractivity contribution in [2.45, 2.75) is 57.5 Å². The number of rotatable bonds is 25. The fourth-order valence-electron chi connectivity index (χ4n) is 5.64. The van der Waals surface area contributed by atoms with Crippen molar-refractivity contribution in [3.63, 3.8) is 0 Å². The topological polar surface area (TPSA) is 277 Å². The van der Waals surface area contributed by atoms with E-state index in [1.54, 1.807) is 57.6 Å². The quantitative estimate of drug-likeness (QED) is 0.0206. The van der Waals surface area contributed by atoms with Crippen LogP contribution in [0.25, 0.3) is 10.9 Å². The van der Waals surface area contributed by atoms with E-state index < -0.39 is 40.4 Å². The Bertz CT molecular complexity index is 2060. The van der Waals surface area contributed by atoms with Crippen molar-refractivity contribution in [2.24, 2.45) is 5.92 Å². The second-order valence-electron chi connectivity index (χ2n) is 12.9. The number of sulfonamides is 1. The number of amides is 3. The zero-order valence-corrected chi connectivity index (χ0v) is 33.2. The fourth-order valence-corrected chi connectivity index (χ4v) is 7.74. The van der Waals surface area contributed by atoms with Crippen molar-refractivity contribution in [1.29, 1.82) is 0 Å². The number of imidazole rings is 1. The van der Waals surface area contributed by atoms with E-state index in [-0.39, 0.29) is 54.1 Å². The van der Waals surface area contributed by atoms with Crippen LogP contribution in [0.5, 0.6) is 5.75 Å². The molecule has 0 saturated carbocycles. The summed E-state index contributed by atoms with van der Waals surface area (Å²) in [5.41, 5.74) is 1.67. The molecular formula is C35H47N9O11S2. The number of anilines is 1. The Labute approximate surface area is 332 Å². The number of aromatic nitrogens is 4. The summed E-state index contributed by atoms with van der Waals surface area (Å²) in [5, 5.41) is 37.6. The van der Waals surface area contributed by atoms with Crippen molar-refractivity contribution >= 4 is 62.6 Å². The van der Waals surface area contributed by atoms with Crippen molar-refractivity contribution in [1.82, 2.24) is 40.4 Å². The lowest BCUT2D eigenvalue weighted by Crippen LogP contribution is -2.48. The van der Waals surface area contributed by atoms with Crippen LogP contribution in [0.1, 0.15) is 47.7 Å². The molecule has 0 aliphatic rings. The van der Waals surface area contributed by atoms with Crippen molar-refractivity contribution < 1.29 is 52.1 Å². The number of benzene rings is 2. The monoisotopic (exact) mass is 833 g/mol. The van der Waals surface area contributed by atoms with Crippen LogP contribution in [0, 0.1) is 19.8 Å². The minimum atomic E-state index is -4.37. The van der Waals surface area contributed by atoms with Crippen LogP contribution in [-0.2, 0) is 40.3 Å². The summed E-state index contributed by atoms with van der Waals surface area (Å²) >= 11 is 0.774. The first-order valence-corrected chi connectivity index (χ1v) is 20.3. The summed E-state index contributed by atoms with van der Waals surface area (Å²) in [7, 11) is -4.37. The lowest BCUT2D eigenvalue weighted by atomic mass is 10.1. The number of carbonyl (C=O) groups is 4. The molecule has 4 rings (SSSR count). The van der Waals surface area contributed by atoms with Gasteiger partial charge in [-0.3, -0.25) is 23.9 Å². The Morgan fingerprint density at radius 2 is 1.77 bits per heavy atom. The van der Waals surface area contributed by atoms with E-state index in [0.717, 1.165) is 24.0 Å². The first kappa shape index (κ1) is 44.5. The highest BCUT2D eigenvalue weighted by Gasteiger charge is 2.29. The lowest BCUT2D eigenvalue weighted by molar-refractivity contribution is -0.432. The van der Waals surface area contributed by atoms with Crippen molar-refractivity contribution in [2.75, 3.05) is 43.9 Å². The number of aromatic amines is 1. The van der Waals surface area contributed by atoms with Crippen molar-refractivity contribution in [3.05, 3.63) is 65.6 Å². The van der Waals surface area contributed by atoms with E-state index in [1.165, 1.54) is 12.1 Å². The first-order valence-electron chi connectivity index (χ1n) is 17.9. The number of hydrogen-bond donors (Lipinski definition) is 8. The summed E-state index contributed by atoms with van der Waals surface area (Å²) in [5.74, 6) is -1.69. The molecule has 310 valence electrons. The Hall–Kier alpha value is -5.26. The molecule has 0 spiro atoms. The number of nitrogens with one attached hydrogen (secondary N) is 6. The van der Waals surface area contributed by atoms with Gasteiger partial charge in [-0.2, -0.15) is 9.82 Å². The van der Waals surface area contributed by atoms with Gasteiger partial charge >= 0.3 is 5.97 Å². The molecule has 3 amide bonds. The Morgan fingerprint density at radius 1 is 1.02 bits per heavy atom. The molecule has 22 heteroatoms. The third-order valence-corrected chi connectivity index (χ3v) is 11.0. The molecule has 57 heavy (non-hydrogen) atoms. The smallest absolute Gasteiger partial charge is 0.323 e. The number of carboxylic acid groups (broad SMARTS) is 1. The number of fused-ring (bicyclic) bond motifs is 1. The molecule has 0 unspecified atom stereocenters. The largest absolute Gasteiger partial charge is 0.494 e. The van der Waals surface area contributed by atoms with Gasteiger partial charge in [-0.25, -0.2) is 18.7 Å². The van der Waals surface area contributed by atoms with Crippen LogP contribution in [0.4, 0.5) is 5.95 Å². The molecule has 2 aromatic heterocycles. The minimum Gasteiger partial charge on any atom is -0.494 e. The van der Waals surface area contributed by atoms with E-state index in [1.807, 2.05) is 4.68 Å². The molecule has 0 radical (unpaired) electrons. The molecule has 0 bridgehead atoms. The SMILES string of the molecule is Cc1cc(OCCCC(=O)NCCNC(=O)[C@@H](C)CSOOO)cc(C)c1S(=O)(=O)N[C@@H](CNC(=O)c1ccc2c(cnn2CCCNc2ncc[nH]2)c1)C(=O)O. The number of nitrogens with zero attached hydrogens (tertiary/aromatic N) is 3. The lowest BCUT2D eigenvalue weighted by Gasteiger charge is -2.19. The number of H-pyrrole nitrogens is 1. The summed E-state index contributed by atoms with van der Waals surface area (Å²) < 4.78 is 40.9. The van der Waals surface area contributed by atoms with Gasteiger partial charge in [-0.1, -0.05) is 12.0 Å². The summed E-state index contributed by atoms with van der Waals surface area (Å²) in [4.78, 5) is 56.3.